The first-order valence-electron chi connectivity index (χ1n) is 8.82. The molecule has 136 valence electrons. The largest absolute Gasteiger partial charge is 0.491 e. The number of para-hydroxylation sites is 1. The van der Waals surface area contributed by atoms with Crippen LogP contribution in [0.5, 0.6) is 5.75 Å². The summed E-state index contributed by atoms with van der Waals surface area (Å²) < 4.78 is 10.9. The normalized spacial score (nSPS) is 16.0. The van der Waals surface area contributed by atoms with Crippen molar-refractivity contribution < 1.29 is 14.3 Å². The van der Waals surface area contributed by atoms with Gasteiger partial charge in [0.25, 0.3) is 5.91 Å². The Bertz CT molecular complexity index is 758. The maximum Gasteiger partial charge on any atom is 0.258 e. The fourth-order valence-electron chi connectivity index (χ4n) is 2.99. The molecule has 1 heterocycles. The maximum absolute atomic E-state index is 12.9. The van der Waals surface area contributed by atoms with Gasteiger partial charge in [0.15, 0.2) is 0 Å². The highest BCUT2D eigenvalue weighted by Gasteiger charge is 2.31. The van der Waals surface area contributed by atoms with E-state index in [0.29, 0.717) is 31.9 Å². The van der Waals surface area contributed by atoms with Crippen molar-refractivity contribution in [3.63, 3.8) is 0 Å². The van der Waals surface area contributed by atoms with Gasteiger partial charge in [-0.1, -0.05) is 30.3 Å². The van der Waals surface area contributed by atoms with Crippen molar-refractivity contribution in [2.75, 3.05) is 31.7 Å². The molecule has 5 nitrogen and oxygen atoms in total. The van der Waals surface area contributed by atoms with E-state index in [4.69, 9.17) is 9.47 Å². The van der Waals surface area contributed by atoms with Gasteiger partial charge in [-0.2, -0.15) is 0 Å². The Morgan fingerprint density at radius 1 is 1.15 bits per heavy atom. The first-order valence-corrected chi connectivity index (χ1v) is 8.82. The summed E-state index contributed by atoms with van der Waals surface area (Å²) in [5.74, 6) is 0.785. The number of anilines is 1. The molecule has 1 unspecified atom stereocenters. The summed E-state index contributed by atoms with van der Waals surface area (Å²) in [5, 5.41) is 3.45. The third-order valence-electron chi connectivity index (χ3n) is 4.24. The Hall–Kier alpha value is -2.79. The van der Waals surface area contributed by atoms with E-state index in [9.17, 15) is 4.79 Å². The number of nitrogens with zero attached hydrogens (tertiary/aromatic N) is 1. The number of fused-ring (bicyclic) bond motifs is 1. The Kier molecular flexibility index (Phi) is 5.92. The maximum atomic E-state index is 12.9. The molecule has 26 heavy (non-hydrogen) atoms. The van der Waals surface area contributed by atoms with Gasteiger partial charge in [-0.25, -0.2) is 0 Å². The van der Waals surface area contributed by atoms with Gasteiger partial charge >= 0.3 is 0 Å². The first-order chi connectivity index (χ1) is 12.7. The molecule has 0 bridgehead atoms. The highest BCUT2D eigenvalue weighted by Crippen LogP contribution is 2.33. The Balaban J connectivity index is 1.78. The van der Waals surface area contributed by atoms with Crippen molar-refractivity contribution in [2.24, 2.45) is 0 Å². The molecule has 1 amide bonds. The molecule has 0 saturated heterocycles. The van der Waals surface area contributed by atoms with E-state index in [1.807, 2.05) is 55.5 Å². The van der Waals surface area contributed by atoms with Crippen LogP contribution in [0, 0.1) is 0 Å². The number of rotatable bonds is 8. The summed E-state index contributed by atoms with van der Waals surface area (Å²) in [6.07, 6.45) is 1.50. The van der Waals surface area contributed by atoms with Gasteiger partial charge in [-0.3, -0.25) is 4.79 Å². The summed E-state index contributed by atoms with van der Waals surface area (Å²) in [6, 6.07) is 15.4. The van der Waals surface area contributed by atoms with Gasteiger partial charge in [-0.05, 0) is 36.8 Å². The second-order valence-corrected chi connectivity index (χ2v) is 5.95. The molecule has 1 aliphatic heterocycles. The molecule has 1 aliphatic rings. The van der Waals surface area contributed by atoms with E-state index >= 15 is 0 Å². The van der Waals surface area contributed by atoms with E-state index in [1.54, 1.807) is 11.0 Å². The molecule has 1 atom stereocenters. The van der Waals surface area contributed by atoms with Crippen LogP contribution < -0.4 is 10.1 Å². The Morgan fingerprint density at radius 3 is 2.65 bits per heavy atom. The summed E-state index contributed by atoms with van der Waals surface area (Å²) in [5.41, 5.74) is 2.52. The van der Waals surface area contributed by atoms with Crippen LogP contribution >= 0.6 is 0 Å². The zero-order chi connectivity index (χ0) is 18.4. The molecule has 1 N–H and O–H groups in total. The van der Waals surface area contributed by atoms with Gasteiger partial charge in [0.2, 0.25) is 0 Å². The molecule has 3 rings (SSSR count). The van der Waals surface area contributed by atoms with E-state index in [-0.39, 0.29) is 12.1 Å². The summed E-state index contributed by atoms with van der Waals surface area (Å²) >= 11 is 0. The highest BCUT2D eigenvalue weighted by atomic mass is 16.5. The monoisotopic (exact) mass is 352 g/mol. The van der Waals surface area contributed by atoms with Crippen molar-refractivity contribution >= 4 is 11.6 Å². The third kappa shape index (κ3) is 3.89. The molecule has 0 saturated carbocycles. The summed E-state index contributed by atoms with van der Waals surface area (Å²) in [6.45, 7) is 7.98. The zero-order valence-corrected chi connectivity index (χ0v) is 15.0. The van der Waals surface area contributed by atoms with Crippen molar-refractivity contribution in [1.29, 1.82) is 0 Å². The second-order valence-electron chi connectivity index (χ2n) is 5.95. The van der Waals surface area contributed by atoms with E-state index in [0.717, 1.165) is 17.0 Å². The van der Waals surface area contributed by atoms with Crippen LogP contribution in [0.15, 0.2) is 61.2 Å². The van der Waals surface area contributed by atoms with Gasteiger partial charge < -0.3 is 19.7 Å². The van der Waals surface area contributed by atoms with Gasteiger partial charge in [0.05, 0.1) is 12.2 Å². The van der Waals surface area contributed by atoms with Crippen molar-refractivity contribution in [2.45, 2.75) is 13.1 Å². The molecule has 5 heteroatoms. The van der Waals surface area contributed by atoms with E-state index in [2.05, 4.69) is 11.9 Å². The average molecular weight is 352 g/mol. The number of carbonyl (C=O) groups excluding carboxylic acids is 1. The Labute approximate surface area is 154 Å². The average Bonchev–Trinajstić information content (AvgIpc) is 2.68. The highest BCUT2D eigenvalue weighted by molar-refractivity contribution is 6.01. The van der Waals surface area contributed by atoms with Crippen molar-refractivity contribution in [3.8, 4) is 5.75 Å². The quantitative estimate of drug-likeness (QED) is 0.579. The molecule has 0 fully saturated rings. The molecule has 0 spiro atoms. The number of hydrogen-bond acceptors (Lipinski definition) is 4. The standard InChI is InChI=1S/C21H24N2O3/c1-3-13-23-20(22-19-8-6-5-7-18(19)21(23)24)16-9-11-17(12-10-16)26-15-14-25-4-2/h3,5-12,20,22H,1,4,13-15H2,2H3. The van der Waals surface area contributed by atoms with Crippen molar-refractivity contribution in [3.05, 3.63) is 72.3 Å². The predicted molar refractivity (Wildman–Crippen MR) is 102 cm³/mol. The van der Waals surface area contributed by atoms with Gasteiger partial charge in [0, 0.05) is 18.8 Å². The second kappa shape index (κ2) is 8.54. The number of ether oxygens (including phenoxy) is 2. The Morgan fingerprint density at radius 2 is 1.92 bits per heavy atom. The van der Waals surface area contributed by atoms with Gasteiger partial charge in [0.1, 0.15) is 18.5 Å². The fraction of sp³-hybridized carbons (Fsp3) is 0.286. The molecular formula is C21H24N2O3. The summed E-state index contributed by atoms with van der Waals surface area (Å²) in [4.78, 5) is 14.6. The zero-order valence-electron chi connectivity index (χ0n) is 15.0. The van der Waals surface area contributed by atoms with Crippen LogP contribution in [0.3, 0.4) is 0 Å². The van der Waals surface area contributed by atoms with Crippen LogP contribution in [-0.4, -0.2) is 37.2 Å². The number of benzene rings is 2. The smallest absolute Gasteiger partial charge is 0.258 e. The lowest BCUT2D eigenvalue weighted by Crippen LogP contribution is -2.42. The molecule has 0 aromatic heterocycles. The predicted octanol–water partition coefficient (Wildman–Crippen LogP) is 3.85. The minimum atomic E-state index is -0.243. The van der Waals surface area contributed by atoms with Crippen LogP contribution in [-0.2, 0) is 4.74 Å². The molecule has 2 aromatic carbocycles. The summed E-state index contributed by atoms with van der Waals surface area (Å²) in [7, 11) is 0. The van der Waals surface area contributed by atoms with E-state index in [1.165, 1.54) is 0 Å². The minimum absolute atomic E-state index is 0.00120. The molecule has 0 radical (unpaired) electrons. The van der Waals surface area contributed by atoms with E-state index < -0.39 is 0 Å². The van der Waals surface area contributed by atoms with Gasteiger partial charge in [-0.15, -0.1) is 6.58 Å². The lowest BCUT2D eigenvalue weighted by molar-refractivity contribution is 0.0707. The minimum Gasteiger partial charge on any atom is -0.491 e. The van der Waals surface area contributed by atoms with Crippen LogP contribution in [0.1, 0.15) is 29.0 Å². The van der Waals surface area contributed by atoms with Crippen molar-refractivity contribution in [1.82, 2.24) is 4.90 Å². The van der Waals surface area contributed by atoms with Crippen LogP contribution in [0.25, 0.3) is 0 Å². The number of carbonyl (C=O) groups is 1. The number of amides is 1. The topological polar surface area (TPSA) is 50.8 Å². The number of hydrogen-bond donors (Lipinski definition) is 1. The lowest BCUT2D eigenvalue weighted by atomic mass is 10.0. The molecular weight excluding hydrogens is 328 g/mol. The van der Waals surface area contributed by atoms with Crippen LogP contribution in [0.4, 0.5) is 5.69 Å². The third-order valence-corrected chi connectivity index (χ3v) is 4.24. The fourth-order valence-corrected chi connectivity index (χ4v) is 2.99. The van der Waals surface area contributed by atoms with Crippen LogP contribution in [0.2, 0.25) is 0 Å². The first kappa shape index (κ1) is 18.0. The molecule has 2 aromatic rings. The lowest BCUT2D eigenvalue weighted by Gasteiger charge is -2.37. The number of nitrogens with one attached hydrogen (secondary N) is 1. The molecule has 0 aliphatic carbocycles. The SMILES string of the molecule is C=CCN1C(=O)c2ccccc2NC1c1ccc(OCCOCC)cc1.